The largest absolute Gasteiger partial charge is 0.372 e. The molecule has 1 aliphatic carbocycles. The minimum atomic E-state index is 0.131. The standard InChI is InChI=1S/C13H19NO/c1-11(13-8-4-5-9-14-13)15-10-12-6-2-3-7-12/h4-5,8-9,11-12H,2-3,6-7,10H2,1H3. The number of rotatable bonds is 4. The topological polar surface area (TPSA) is 22.1 Å². The Morgan fingerprint density at radius 2 is 2.20 bits per heavy atom. The summed E-state index contributed by atoms with van der Waals surface area (Å²) in [5.74, 6) is 0.788. The first kappa shape index (κ1) is 10.6. The summed E-state index contributed by atoms with van der Waals surface area (Å²) < 4.78 is 5.85. The van der Waals surface area contributed by atoms with Crippen LogP contribution < -0.4 is 0 Å². The monoisotopic (exact) mass is 205 g/mol. The third kappa shape index (κ3) is 3.03. The van der Waals surface area contributed by atoms with Crippen molar-refractivity contribution in [1.29, 1.82) is 0 Å². The number of pyridine rings is 1. The summed E-state index contributed by atoms with van der Waals surface area (Å²) in [4.78, 5) is 4.30. The molecule has 1 aliphatic rings. The van der Waals surface area contributed by atoms with Crippen LogP contribution in [-0.2, 0) is 4.74 Å². The summed E-state index contributed by atoms with van der Waals surface area (Å²) in [7, 11) is 0. The van der Waals surface area contributed by atoms with Crippen molar-refractivity contribution in [2.75, 3.05) is 6.61 Å². The molecular formula is C13H19NO. The Morgan fingerprint density at radius 3 is 2.87 bits per heavy atom. The van der Waals surface area contributed by atoms with Gasteiger partial charge in [0.15, 0.2) is 0 Å². The molecule has 0 bridgehead atoms. The van der Waals surface area contributed by atoms with Gasteiger partial charge in [-0.05, 0) is 37.8 Å². The summed E-state index contributed by atoms with van der Waals surface area (Å²) in [5.41, 5.74) is 1.04. The van der Waals surface area contributed by atoms with Gasteiger partial charge in [-0.25, -0.2) is 0 Å². The second kappa shape index (κ2) is 5.26. The third-order valence-corrected chi connectivity index (χ3v) is 3.16. The Balaban J connectivity index is 1.79. The Hall–Kier alpha value is -0.890. The maximum absolute atomic E-state index is 5.85. The molecule has 2 nitrogen and oxygen atoms in total. The number of hydrogen-bond donors (Lipinski definition) is 0. The van der Waals surface area contributed by atoms with Crippen molar-refractivity contribution in [2.45, 2.75) is 38.7 Å². The van der Waals surface area contributed by atoms with E-state index in [1.165, 1.54) is 25.7 Å². The van der Waals surface area contributed by atoms with Gasteiger partial charge in [0, 0.05) is 6.20 Å². The maximum Gasteiger partial charge on any atom is 0.0966 e. The molecule has 1 fully saturated rings. The lowest BCUT2D eigenvalue weighted by molar-refractivity contribution is 0.0383. The van der Waals surface area contributed by atoms with Crippen molar-refractivity contribution < 1.29 is 4.74 Å². The molecule has 0 saturated heterocycles. The Labute approximate surface area is 91.7 Å². The van der Waals surface area contributed by atoms with Crippen LogP contribution in [0.3, 0.4) is 0 Å². The van der Waals surface area contributed by atoms with E-state index >= 15 is 0 Å². The minimum Gasteiger partial charge on any atom is -0.372 e. The van der Waals surface area contributed by atoms with Crippen molar-refractivity contribution >= 4 is 0 Å². The minimum absolute atomic E-state index is 0.131. The van der Waals surface area contributed by atoms with Gasteiger partial charge in [0.05, 0.1) is 18.4 Å². The van der Waals surface area contributed by atoms with Gasteiger partial charge in [0.25, 0.3) is 0 Å². The van der Waals surface area contributed by atoms with E-state index in [0.29, 0.717) is 0 Å². The number of hydrogen-bond acceptors (Lipinski definition) is 2. The van der Waals surface area contributed by atoms with Crippen LogP contribution in [0.4, 0.5) is 0 Å². The van der Waals surface area contributed by atoms with E-state index in [0.717, 1.165) is 18.2 Å². The van der Waals surface area contributed by atoms with Crippen LogP contribution in [0.25, 0.3) is 0 Å². The zero-order valence-electron chi connectivity index (χ0n) is 9.36. The van der Waals surface area contributed by atoms with Gasteiger partial charge in [0.1, 0.15) is 0 Å². The Bertz CT molecular complexity index is 280. The van der Waals surface area contributed by atoms with E-state index < -0.39 is 0 Å². The van der Waals surface area contributed by atoms with Crippen molar-refractivity contribution in [1.82, 2.24) is 4.98 Å². The van der Waals surface area contributed by atoms with E-state index in [-0.39, 0.29) is 6.10 Å². The highest BCUT2D eigenvalue weighted by Gasteiger charge is 2.16. The predicted molar refractivity (Wildman–Crippen MR) is 60.6 cm³/mol. The smallest absolute Gasteiger partial charge is 0.0966 e. The van der Waals surface area contributed by atoms with Crippen LogP contribution in [0.5, 0.6) is 0 Å². The molecule has 2 heteroatoms. The molecule has 0 spiro atoms. The molecule has 1 saturated carbocycles. The number of aromatic nitrogens is 1. The molecule has 1 aromatic rings. The van der Waals surface area contributed by atoms with Gasteiger partial charge in [-0.2, -0.15) is 0 Å². The second-order valence-corrected chi connectivity index (χ2v) is 4.38. The molecule has 1 aromatic heterocycles. The summed E-state index contributed by atoms with van der Waals surface area (Å²) in [6.07, 6.45) is 7.40. The zero-order chi connectivity index (χ0) is 10.5. The third-order valence-electron chi connectivity index (χ3n) is 3.16. The lowest BCUT2D eigenvalue weighted by atomic mass is 10.1. The molecule has 82 valence electrons. The maximum atomic E-state index is 5.85. The molecular weight excluding hydrogens is 186 g/mol. The van der Waals surface area contributed by atoms with E-state index in [1.807, 2.05) is 24.4 Å². The molecule has 1 heterocycles. The average Bonchev–Trinajstić information content (AvgIpc) is 2.80. The number of ether oxygens (including phenoxy) is 1. The first-order valence-corrected chi connectivity index (χ1v) is 5.89. The van der Waals surface area contributed by atoms with E-state index in [4.69, 9.17) is 4.74 Å². The summed E-state index contributed by atoms with van der Waals surface area (Å²) >= 11 is 0. The zero-order valence-corrected chi connectivity index (χ0v) is 9.36. The van der Waals surface area contributed by atoms with Crippen LogP contribution in [0.1, 0.15) is 44.4 Å². The average molecular weight is 205 g/mol. The summed E-state index contributed by atoms with van der Waals surface area (Å²) in [6.45, 7) is 2.98. The fourth-order valence-corrected chi connectivity index (χ4v) is 2.16. The molecule has 0 radical (unpaired) electrons. The van der Waals surface area contributed by atoms with Crippen LogP contribution >= 0.6 is 0 Å². The first-order valence-electron chi connectivity index (χ1n) is 5.89. The fraction of sp³-hybridized carbons (Fsp3) is 0.615. The molecule has 2 rings (SSSR count). The highest BCUT2D eigenvalue weighted by molar-refractivity contribution is 5.05. The van der Waals surface area contributed by atoms with Crippen LogP contribution in [0.2, 0.25) is 0 Å². The molecule has 1 unspecified atom stereocenters. The van der Waals surface area contributed by atoms with Crippen molar-refractivity contribution in [3.8, 4) is 0 Å². The Morgan fingerprint density at radius 1 is 1.40 bits per heavy atom. The quantitative estimate of drug-likeness (QED) is 0.752. The fourth-order valence-electron chi connectivity index (χ4n) is 2.16. The van der Waals surface area contributed by atoms with Crippen molar-refractivity contribution in [3.05, 3.63) is 30.1 Å². The second-order valence-electron chi connectivity index (χ2n) is 4.38. The van der Waals surface area contributed by atoms with Gasteiger partial charge in [0.2, 0.25) is 0 Å². The van der Waals surface area contributed by atoms with Gasteiger partial charge >= 0.3 is 0 Å². The lowest BCUT2D eigenvalue weighted by Gasteiger charge is -2.15. The summed E-state index contributed by atoms with van der Waals surface area (Å²) in [5, 5.41) is 0. The van der Waals surface area contributed by atoms with Crippen LogP contribution in [-0.4, -0.2) is 11.6 Å². The van der Waals surface area contributed by atoms with E-state index in [9.17, 15) is 0 Å². The molecule has 1 atom stereocenters. The first-order chi connectivity index (χ1) is 7.36. The molecule has 0 amide bonds. The van der Waals surface area contributed by atoms with E-state index in [2.05, 4.69) is 11.9 Å². The Kier molecular flexibility index (Phi) is 3.73. The van der Waals surface area contributed by atoms with Gasteiger partial charge in [-0.3, -0.25) is 4.98 Å². The van der Waals surface area contributed by atoms with Gasteiger partial charge in [-0.15, -0.1) is 0 Å². The molecule has 0 N–H and O–H groups in total. The van der Waals surface area contributed by atoms with E-state index in [1.54, 1.807) is 0 Å². The molecule has 15 heavy (non-hydrogen) atoms. The predicted octanol–water partition coefficient (Wildman–Crippen LogP) is 3.35. The number of nitrogens with zero attached hydrogens (tertiary/aromatic N) is 1. The highest BCUT2D eigenvalue weighted by atomic mass is 16.5. The van der Waals surface area contributed by atoms with Crippen molar-refractivity contribution in [3.63, 3.8) is 0 Å². The van der Waals surface area contributed by atoms with Crippen LogP contribution in [0, 0.1) is 5.92 Å². The summed E-state index contributed by atoms with van der Waals surface area (Å²) in [6, 6.07) is 5.98. The molecule has 0 aliphatic heterocycles. The van der Waals surface area contributed by atoms with Crippen molar-refractivity contribution in [2.24, 2.45) is 5.92 Å². The highest BCUT2D eigenvalue weighted by Crippen LogP contribution is 2.26. The molecule has 0 aromatic carbocycles. The lowest BCUT2D eigenvalue weighted by Crippen LogP contribution is -2.09. The van der Waals surface area contributed by atoms with Gasteiger partial charge < -0.3 is 4.74 Å². The van der Waals surface area contributed by atoms with Crippen LogP contribution in [0.15, 0.2) is 24.4 Å². The SMILES string of the molecule is CC(OCC1CCCC1)c1ccccn1. The van der Waals surface area contributed by atoms with Gasteiger partial charge in [-0.1, -0.05) is 18.9 Å². The normalized spacial score (nSPS) is 19.3.